The van der Waals surface area contributed by atoms with E-state index in [0.29, 0.717) is 21.7 Å². The van der Waals surface area contributed by atoms with Crippen molar-refractivity contribution in [2.75, 3.05) is 0 Å². The summed E-state index contributed by atoms with van der Waals surface area (Å²) in [6.45, 7) is 1.92. The molecule has 4 nitrogen and oxygen atoms in total. The third-order valence-corrected chi connectivity index (χ3v) is 4.11. The van der Waals surface area contributed by atoms with Crippen molar-refractivity contribution in [3.63, 3.8) is 0 Å². The van der Waals surface area contributed by atoms with Crippen LogP contribution in [0.15, 0.2) is 53.0 Å². The maximum Gasteiger partial charge on any atom is 0.230 e. The van der Waals surface area contributed by atoms with Gasteiger partial charge < -0.3 is 4.74 Å². The van der Waals surface area contributed by atoms with Crippen LogP contribution in [0.2, 0.25) is 0 Å². The molecule has 6 heteroatoms. The molecule has 0 unspecified atom stereocenters. The summed E-state index contributed by atoms with van der Waals surface area (Å²) in [6, 6.07) is 13.9. The lowest BCUT2D eigenvalue weighted by molar-refractivity contribution is 0.465. The van der Waals surface area contributed by atoms with E-state index in [1.807, 2.05) is 37.3 Å². The van der Waals surface area contributed by atoms with Crippen LogP contribution >= 0.6 is 15.9 Å². The SMILES string of the molecule is Cc1cc2nc(Oc3ccc(F)cc3Br)c3ccccc3n2n1. The Morgan fingerprint density at radius 2 is 1.96 bits per heavy atom. The lowest BCUT2D eigenvalue weighted by atomic mass is 10.2. The molecule has 0 aliphatic rings. The fourth-order valence-corrected chi connectivity index (χ4v) is 2.92. The number of aryl methyl sites for hydroxylation is 1. The summed E-state index contributed by atoms with van der Waals surface area (Å²) >= 11 is 3.31. The van der Waals surface area contributed by atoms with E-state index in [0.717, 1.165) is 16.6 Å². The zero-order valence-corrected chi connectivity index (χ0v) is 13.7. The first kappa shape index (κ1) is 14.1. The summed E-state index contributed by atoms with van der Waals surface area (Å²) in [5.74, 6) is 0.633. The summed E-state index contributed by atoms with van der Waals surface area (Å²) in [5, 5.41) is 5.29. The summed E-state index contributed by atoms with van der Waals surface area (Å²) in [6.07, 6.45) is 0. The molecular formula is C17H11BrFN3O. The van der Waals surface area contributed by atoms with Crippen LogP contribution in [0.25, 0.3) is 16.6 Å². The van der Waals surface area contributed by atoms with Gasteiger partial charge in [0.25, 0.3) is 0 Å². The van der Waals surface area contributed by atoms with Gasteiger partial charge in [0.05, 0.1) is 21.1 Å². The molecule has 23 heavy (non-hydrogen) atoms. The summed E-state index contributed by atoms with van der Waals surface area (Å²) in [4.78, 5) is 4.55. The van der Waals surface area contributed by atoms with Gasteiger partial charge in [0, 0.05) is 6.07 Å². The molecule has 2 aromatic carbocycles. The Labute approximate surface area is 139 Å². The number of halogens is 2. The van der Waals surface area contributed by atoms with E-state index in [-0.39, 0.29) is 5.82 Å². The standard InChI is InChI=1S/C17H11BrFN3O/c1-10-8-16-20-17(23-15-7-6-11(19)9-13(15)18)12-4-2-3-5-14(12)22(16)21-10/h2-9H,1H3. The fourth-order valence-electron chi connectivity index (χ4n) is 2.49. The molecule has 4 rings (SSSR count). The smallest absolute Gasteiger partial charge is 0.230 e. The minimum absolute atomic E-state index is 0.330. The number of hydrogen-bond acceptors (Lipinski definition) is 3. The van der Waals surface area contributed by atoms with Gasteiger partial charge in [-0.05, 0) is 53.2 Å². The molecule has 0 amide bonds. The Kier molecular flexibility index (Phi) is 3.27. The minimum atomic E-state index is -0.330. The zero-order valence-electron chi connectivity index (χ0n) is 12.1. The van der Waals surface area contributed by atoms with Gasteiger partial charge in [-0.3, -0.25) is 0 Å². The van der Waals surface area contributed by atoms with Gasteiger partial charge in [-0.25, -0.2) is 8.91 Å². The first-order valence-electron chi connectivity index (χ1n) is 7.00. The monoisotopic (exact) mass is 371 g/mol. The first-order valence-corrected chi connectivity index (χ1v) is 7.79. The van der Waals surface area contributed by atoms with E-state index in [1.165, 1.54) is 12.1 Å². The van der Waals surface area contributed by atoms with Gasteiger partial charge in [0.2, 0.25) is 5.88 Å². The fraction of sp³-hybridized carbons (Fsp3) is 0.0588. The molecule has 114 valence electrons. The van der Waals surface area contributed by atoms with Crippen LogP contribution in [0.3, 0.4) is 0 Å². The Hall–Kier alpha value is -2.47. The molecule has 0 saturated heterocycles. The predicted molar refractivity (Wildman–Crippen MR) is 89.4 cm³/mol. The maximum absolute atomic E-state index is 13.2. The number of fused-ring (bicyclic) bond motifs is 3. The van der Waals surface area contributed by atoms with Crippen molar-refractivity contribution in [2.24, 2.45) is 0 Å². The second kappa shape index (κ2) is 5.31. The maximum atomic E-state index is 13.2. The van der Waals surface area contributed by atoms with E-state index < -0.39 is 0 Å². The van der Waals surface area contributed by atoms with Gasteiger partial charge in [-0.15, -0.1) is 0 Å². The molecule has 2 aromatic heterocycles. The predicted octanol–water partition coefficient (Wildman–Crippen LogP) is 4.88. The van der Waals surface area contributed by atoms with E-state index >= 15 is 0 Å². The lowest BCUT2D eigenvalue weighted by Crippen LogP contribution is -1.97. The molecular weight excluding hydrogens is 361 g/mol. The van der Waals surface area contributed by atoms with E-state index in [2.05, 4.69) is 26.0 Å². The molecule has 0 saturated carbocycles. The highest BCUT2D eigenvalue weighted by Gasteiger charge is 2.13. The van der Waals surface area contributed by atoms with Gasteiger partial charge in [0.1, 0.15) is 11.6 Å². The summed E-state index contributed by atoms with van der Waals surface area (Å²) in [7, 11) is 0. The Bertz CT molecular complexity index is 1040. The van der Waals surface area contributed by atoms with Gasteiger partial charge >= 0.3 is 0 Å². The van der Waals surface area contributed by atoms with Crippen molar-refractivity contribution in [1.82, 2.24) is 14.6 Å². The van der Waals surface area contributed by atoms with Crippen LogP contribution in [0, 0.1) is 12.7 Å². The quantitative estimate of drug-likeness (QED) is 0.503. The van der Waals surface area contributed by atoms with Gasteiger partial charge in [0.15, 0.2) is 5.65 Å². The topological polar surface area (TPSA) is 39.4 Å². The van der Waals surface area contributed by atoms with Crippen molar-refractivity contribution in [2.45, 2.75) is 6.92 Å². The summed E-state index contributed by atoms with van der Waals surface area (Å²) in [5.41, 5.74) is 2.48. The highest BCUT2D eigenvalue weighted by molar-refractivity contribution is 9.10. The van der Waals surface area contributed by atoms with Crippen LogP contribution in [-0.4, -0.2) is 14.6 Å². The van der Waals surface area contributed by atoms with Crippen molar-refractivity contribution in [1.29, 1.82) is 0 Å². The molecule has 2 heterocycles. The van der Waals surface area contributed by atoms with Crippen molar-refractivity contribution >= 4 is 32.5 Å². The van der Waals surface area contributed by atoms with Crippen molar-refractivity contribution in [3.05, 3.63) is 64.5 Å². The highest BCUT2D eigenvalue weighted by Crippen LogP contribution is 2.33. The lowest BCUT2D eigenvalue weighted by Gasteiger charge is -2.10. The van der Waals surface area contributed by atoms with Crippen LogP contribution in [-0.2, 0) is 0 Å². The molecule has 0 N–H and O–H groups in total. The molecule has 0 aliphatic heterocycles. The molecule has 0 atom stereocenters. The Balaban J connectivity index is 1.94. The average molecular weight is 372 g/mol. The number of para-hydroxylation sites is 1. The number of nitrogens with zero attached hydrogens (tertiary/aromatic N) is 3. The van der Waals surface area contributed by atoms with Crippen molar-refractivity contribution in [3.8, 4) is 11.6 Å². The van der Waals surface area contributed by atoms with Gasteiger partial charge in [-0.1, -0.05) is 12.1 Å². The van der Waals surface area contributed by atoms with Crippen LogP contribution < -0.4 is 4.74 Å². The molecule has 0 bridgehead atoms. The number of hydrogen-bond donors (Lipinski definition) is 0. The third-order valence-electron chi connectivity index (χ3n) is 3.49. The van der Waals surface area contributed by atoms with Crippen LogP contribution in [0.1, 0.15) is 5.69 Å². The number of rotatable bonds is 2. The van der Waals surface area contributed by atoms with Crippen LogP contribution in [0.4, 0.5) is 4.39 Å². The highest BCUT2D eigenvalue weighted by atomic mass is 79.9. The van der Waals surface area contributed by atoms with E-state index in [4.69, 9.17) is 4.74 Å². The molecule has 0 aliphatic carbocycles. The molecule has 0 radical (unpaired) electrons. The number of benzene rings is 2. The largest absolute Gasteiger partial charge is 0.437 e. The molecule has 0 fully saturated rings. The summed E-state index contributed by atoms with van der Waals surface area (Å²) < 4.78 is 21.5. The third kappa shape index (κ3) is 2.45. The normalized spacial score (nSPS) is 11.3. The van der Waals surface area contributed by atoms with Crippen molar-refractivity contribution < 1.29 is 9.13 Å². The first-order chi connectivity index (χ1) is 11.1. The molecule has 4 aromatic rings. The van der Waals surface area contributed by atoms with E-state index in [1.54, 1.807) is 10.6 Å². The molecule has 0 spiro atoms. The van der Waals surface area contributed by atoms with Crippen LogP contribution in [0.5, 0.6) is 11.6 Å². The minimum Gasteiger partial charge on any atom is -0.437 e. The second-order valence-electron chi connectivity index (χ2n) is 5.17. The van der Waals surface area contributed by atoms with E-state index in [9.17, 15) is 4.39 Å². The Morgan fingerprint density at radius 3 is 2.78 bits per heavy atom. The second-order valence-corrected chi connectivity index (χ2v) is 6.02. The number of ether oxygens (including phenoxy) is 1. The van der Waals surface area contributed by atoms with Gasteiger partial charge in [-0.2, -0.15) is 10.1 Å². The zero-order chi connectivity index (χ0) is 16.0. The number of aromatic nitrogens is 3. The average Bonchev–Trinajstić information content (AvgIpc) is 2.90. The Morgan fingerprint density at radius 1 is 1.13 bits per heavy atom.